The van der Waals surface area contributed by atoms with E-state index < -0.39 is 17.2 Å². The predicted octanol–water partition coefficient (Wildman–Crippen LogP) is 1.74. The Kier molecular flexibility index (Phi) is 5.97. The van der Waals surface area contributed by atoms with Gasteiger partial charge in [0.05, 0.1) is 16.2 Å². The van der Waals surface area contributed by atoms with Gasteiger partial charge in [-0.05, 0) is 25.5 Å². The zero-order valence-corrected chi connectivity index (χ0v) is 14.6. The number of carbonyl (C=O) groups is 2. The molecule has 2 rings (SSSR count). The summed E-state index contributed by atoms with van der Waals surface area (Å²) in [5.74, 6) is -0.440. The first-order valence-corrected chi connectivity index (χ1v) is 8.54. The smallest absolute Gasteiger partial charge is 0.321 e. The highest BCUT2D eigenvalue weighted by Gasteiger charge is 2.20. The number of carbonyl (C=O) groups excluding carboxylic acids is 2. The molecule has 1 atom stereocenters. The Balaban J connectivity index is 2.36. The van der Waals surface area contributed by atoms with Crippen molar-refractivity contribution in [1.29, 1.82) is 0 Å². The van der Waals surface area contributed by atoms with Gasteiger partial charge in [0.15, 0.2) is 5.16 Å². The van der Waals surface area contributed by atoms with Gasteiger partial charge in [-0.1, -0.05) is 30.8 Å². The Hall–Kier alpha value is -2.35. The summed E-state index contributed by atoms with van der Waals surface area (Å²) in [6.45, 7) is 4.15. The van der Waals surface area contributed by atoms with E-state index in [2.05, 4.69) is 15.6 Å². The second-order valence-corrected chi connectivity index (χ2v) is 6.50. The van der Waals surface area contributed by atoms with Crippen LogP contribution in [-0.2, 0) is 11.3 Å². The fourth-order valence-corrected chi connectivity index (χ4v) is 3.08. The molecule has 0 bridgehead atoms. The van der Waals surface area contributed by atoms with E-state index in [1.165, 1.54) is 7.05 Å². The molecule has 0 aliphatic heterocycles. The van der Waals surface area contributed by atoms with Crippen LogP contribution in [-0.4, -0.2) is 33.8 Å². The van der Waals surface area contributed by atoms with E-state index in [4.69, 9.17) is 0 Å². The standard InChI is InChI=1S/C16H20N4O3S/c1-4-9-20-14(22)11-7-5-6-8-12(11)18-16(20)24-10(2)13(21)19-15(23)17-3/h5-8,10H,4,9H2,1-3H3,(H2,17,19,21,23)/t10-/m1/s1. The van der Waals surface area contributed by atoms with Crippen LogP contribution in [0.25, 0.3) is 10.9 Å². The molecule has 0 unspecified atom stereocenters. The SMILES string of the molecule is CCCn1c(S[C@H](C)C(=O)NC(=O)NC)nc2ccccc2c1=O. The van der Waals surface area contributed by atoms with Crippen LogP contribution in [0, 0.1) is 0 Å². The van der Waals surface area contributed by atoms with Gasteiger partial charge in [0.2, 0.25) is 5.91 Å². The van der Waals surface area contributed by atoms with Gasteiger partial charge in [0.1, 0.15) is 0 Å². The van der Waals surface area contributed by atoms with Gasteiger partial charge in [0, 0.05) is 13.6 Å². The topological polar surface area (TPSA) is 93.1 Å². The Morgan fingerprint density at radius 1 is 1.33 bits per heavy atom. The molecule has 0 saturated heterocycles. The lowest BCUT2D eigenvalue weighted by Crippen LogP contribution is -2.41. The Morgan fingerprint density at radius 2 is 2.04 bits per heavy atom. The molecule has 1 aromatic carbocycles. The van der Waals surface area contributed by atoms with Gasteiger partial charge in [0.25, 0.3) is 5.56 Å². The number of rotatable bonds is 5. The van der Waals surface area contributed by atoms with Crippen molar-refractivity contribution < 1.29 is 9.59 Å². The van der Waals surface area contributed by atoms with Crippen LogP contribution in [0.2, 0.25) is 0 Å². The fraction of sp³-hybridized carbons (Fsp3) is 0.375. The Bertz CT molecular complexity index is 819. The summed E-state index contributed by atoms with van der Waals surface area (Å²) < 4.78 is 1.58. The lowest BCUT2D eigenvalue weighted by molar-refractivity contribution is -0.119. The van der Waals surface area contributed by atoms with Crippen LogP contribution < -0.4 is 16.2 Å². The molecule has 128 valence electrons. The largest absolute Gasteiger partial charge is 0.341 e. The van der Waals surface area contributed by atoms with Crippen molar-refractivity contribution in [3.05, 3.63) is 34.6 Å². The minimum absolute atomic E-state index is 0.121. The molecular weight excluding hydrogens is 328 g/mol. The van der Waals surface area contributed by atoms with E-state index in [0.29, 0.717) is 22.6 Å². The summed E-state index contributed by atoms with van der Waals surface area (Å²) in [5, 5.41) is 5.01. The van der Waals surface area contributed by atoms with Crippen LogP contribution in [0.15, 0.2) is 34.2 Å². The third kappa shape index (κ3) is 3.94. The van der Waals surface area contributed by atoms with E-state index in [1.54, 1.807) is 29.7 Å². The lowest BCUT2D eigenvalue weighted by atomic mass is 10.2. The van der Waals surface area contributed by atoms with Crippen molar-refractivity contribution in [3.8, 4) is 0 Å². The maximum atomic E-state index is 12.7. The van der Waals surface area contributed by atoms with E-state index >= 15 is 0 Å². The molecule has 0 aliphatic rings. The minimum Gasteiger partial charge on any atom is -0.341 e. The number of hydrogen-bond donors (Lipinski definition) is 2. The maximum Gasteiger partial charge on any atom is 0.321 e. The minimum atomic E-state index is -0.571. The number of amides is 3. The van der Waals surface area contributed by atoms with Crippen LogP contribution >= 0.6 is 11.8 Å². The third-order valence-electron chi connectivity index (χ3n) is 3.39. The molecule has 8 heteroatoms. The van der Waals surface area contributed by atoms with E-state index in [0.717, 1.165) is 18.2 Å². The number of thioether (sulfide) groups is 1. The molecule has 24 heavy (non-hydrogen) atoms. The van der Waals surface area contributed by atoms with Gasteiger partial charge in [-0.2, -0.15) is 0 Å². The molecule has 1 heterocycles. The molecule has 2 N–H and O–H groups in total. The third-order valence-corrected chi connectivity index (χ3v) is 4.48. The number of benzene rings is 1. The second-order valence-electron chi connectivity index (χ2n) is 5.20. The molecule has 0 radical (unpaired) electrons. The van der Waals surface area contributed by atoms with E-state index in [-0.39, 0.29) is 5.56 Å². The summed E-state index contributed by atoms with van der Waals surface area (Å²) in [4.78, 5) is 40.5. The monoisotopic (exact) mass is 348 g/mol. The first-order valence-electron chi connectivity index (χ1n) is 7.66. The van der Waals surface area contributed by atoms with Crippen LogP contribution in [0.4, 0.5) is 4.79 Å². The van der Waals surface area contributed by atoms with Crippen molar-refractivity contribution in [3.63, 3.8) is 0 Å². The number of aromatic nitrogens is 2. The van der Waals surface area contributed by atoms with Crippen molar-refractivity contribution in [2.75, 3.05) is 7.05 Å². The number of para-hydroxylation sites is 1. The maximum absolute atomic E-state index is 12.7. The summed E-state index contributed by atoms with van der Waals surface area (Å²) in [6.07, 6.45) is 0.770. The molecule has 3 amide bonds. The quantitative estimate of drug-likeness (QED) is 0.634. The first kappa shape index (κ1) is 18.0. The molecule has 0 saturated carbocycles. The zero-order chi connectivity index (χ0) is 17.7. The molecule has 0 aliphatic carbocycles. The van der Waals surface area contributed by atoms with Gasteiger partial charge >= 0.3 is 6.03 Å². The molecule has 1 aromatic heterocycles. The highest BCUT2D eigenvalue weighted by Crippen LogP contribution is 2.22. The van der Waals surface area contributed by atoms with Gasteiger partial charge in [-0.3, -0.25) is 19.5 Å². The summed E-state index contributed by atoms with van der Waals surface area (Å²) in [6, 6.07) is 6.56. The number of nitrogens with zero attached hydrogens (tertiary/aromatic N) is 2. The molecule has 7 nitrogen and oxygen atoms in total. The van der Waals surface area contributed by atoms with Crippen molar-refractivity contribution in [1.82, 2.24) is 20.2 Å². The van der Waals surface area contributed by atoms with Gasteiger partial charge < -0.3 is 5.32 Å². The Morgan fingerprint density at radius 3 is 2.71 bits per heavy atom. The molecular formula is C16H20N4O3S. The first-order chi connectivity index (χ1) is 11.5. The number of fused-ring (bicyclic) bond motifs is 1. The number of hydrogen-bond acceptors (Lipinski definition) is 5. The predicted molar refractivity (Wildman–Crippen MR) is 94.2 cm³/mol. The highest BCUT2D eigenvalue weighted by atomic mass is 32.2. The van der Waals surface area contributed by atoms with Gasteiger partial charge in [-0.15, -0.1) is 0 Å². The average Bonchev–Trinajstić information content (AvgIpc) is 2.58. The lowest BCUT2D eigenvalue weighted by Gasteiger charge is -2.15. The molecule has 2 aromatic rings. The summed E-state index contributed by atoms with van der Waals surface area (Å²) in [7, 11) is 1.43. The fourth-order valence-electron chi connectivity index (χ4n) is 2.15. The molecule has 0 fully saturated rings. The number of nitrogens with one attached hydrogen (secondary N) is 2. The Labute approximate surface area is 143 Å². The normalized spacial score (nSPS) is 12.0. The zero-order valence-electron chi connectivity index (χ0n) is 13.8. The van der Waals surface area contributed by atoms with Crippen molar-refractivity contribution in [2.45, 2.75) is 37.2 Å². The highest BCUT2D eigenvalue weighted by molar-refractivity contribution is 8.00. The number of urea groups is 1. The van der Waals surface area contributed by atoms with E-state index in [1.807, 2.05) is 13.0 Å². The van der Waals surface area contributed by atoms with Gasteiger partial charge in [-0.25, -0.2) is 9.78 Å². The average molecular weight is 348 g/mol. The van der Waals surface area contributed by atoms with Crippen LogP contribution in [0.3, 0.4) is 0 Å². The molecule has 0 spiro atoms. The van der Waals surface area contributed by atoms with Crippen molar-refractivity contribution >= 4 is 34.6 Å². The van der Waals surface area contributed by atoms with Crippen LogP contribution in [0.5, 0.6) is 0 Å². The van der Waals surface area contributed by atoms with Crippen LogP contribution in [0.1, 0.15) is 20.3 Å². The summed E-state index contributed by atoms with van der Waals surface area (Å²) in [5.41, 5.74) is 0.472. The van der Waals surface area contributed by atoms with E-state index in [9.17, 15) is 14.4 Å². The number of imide groups is 1. The van der Waals surface area contributed by atoms with Crippen molar-refractivity contribution in [2.24, 2.45) is 0 Å². The second kappa shape index (κ2) is 7.96. The summed E-state index contributed by atoms with van der Waals surface area (Å²) >= 11 is 1.16.